The molecule has 0 aromatic heterocycles. The highest BCUT2D eigenvalue weighted by atomic mass is 16.5. The highest BCUT2D eigenvalue weighted by Gasteiger charge is 2.19. The van der Waals surface area contributed by atoms with Gasteiger partial charge >= 0.3 is 0 Å². The molecular formula is C12H19NO3. The highest BCUT2D eigenvalue weighted by molar-refractivity contribution is 5.42. The van der Waals surface area contributed by atoms with Crippen molar-refractivity contribution in [2.45, 2.75) is 19.4 Å². The molecule has 0 heterocycles. The van der Waals surface area contributed by atoms with Crippen LogP contribution in [0.1, 0.15) is 12.5 Å². The van der Waals surface area contributed by atoms with E-state index >= 15 is 0 Å². The van der Waals surface area contributed by atoms with Gasteiger partial charge in [0, 0.05) is 6.54 Å². The Morgan fingerprint density at radius 3 is 2.62 bits per heavy atom. The Kier molecular flexibility index (Phi) is 4.15. The molecule has 0 aliphatic carbocycles. The van der Waals surface area contributed by atoms with Gasteiger partial charge in [-0.3, -0.25) is 0 Å². The predicted octanol–water partition coefficient (Wildman–Crippen LogP) is 1.09. The van der Waals surface area contributed by atoms with Crippen LogP contribution in [0.2, 0.25) is 0 Å². The van der Waals surface area contributed by atoms with Crippen molar-refractivity contribution in [2.24, 2.45) is 5.73 Å². The molecule has 0 aliphatic heterocycles. The molecule has 0 saturated heterocycles. The van der Waals surface area contributed by atoms with Crippen molar-refractivity contribution >= 4 is 0 Å². The van der Waals surface area contributed by atoms with Gasteiger partial charge in [0.05, 0.1) is 7.11 Å². The van der Waals surface area contributed by atoms with Crippen molar-refractivity contribution in [1.29, 1.82) is 0 Å². The zero-order chi connectivity index (χ0) is 12.2. The molecule has 0 aliphatic rings. The maximum atomic E-state index is 9.71. The summed E-state index contributed by atoms with van der Waals surface area (Å²) in [6.07, 6.45) is 0. The smallest absolute Gasteiger partial charge is 0.161 e. The minimum Gasteiger partial charge on any atom is -0.493 e. The number of methoxy groups -OCH3 is 1. The van der Waals surface area contributed by atoms with Crippen LogP contribution in [0.5, 0.6) is 11.5 Å². The molecule has 0 saturated carbocycles. The number of hydrogen-bond donors (Lipinski definition) is 2. The molecule has 1 atom stereocenters. The van der Waals surface area contributed by atoms with Gasteiger partial charge in [0.25, 0.3) is 0 Å². The molecular weight excluding hydrogens is 206 g/mol. The number of hydrogen-bond acceptors (Lipinski definition) is 4. The van der Waals surface area contributed by atoms with Gasteiger partial charge in [0.2, 0.25) is 0 Å². The molecule has 1 rings (SSSR count). The average molecular weight is 225 g/mol. The van der Waals surface area contributed by atoms with E-state index in [0.717, 1.165) is 5.56 Å². The van der Waals surface area contributed by atoms with E-state index in [-0.39, 0.29) is 13.2 Å². The van der Waals surface area contributed by atoms with Crippen molar-refractivity contribution in [2.75, 3.05) is 20.3 Å². The first-order chi connectivity index (χ1) is 7.48. The molecule has 1 unspecified atom stereocenters. The van der Waals surface area contributed by atoms with Crippen LogP contribution in [0.15, 0.2) is 18.2 Å². The van der Waals surface area contributed by atoms with Crippen LogP contribution < -0.4 is 15.2 Å². The molecule has 1 aromatic carbocycles. The topological polar surface area (TPSA) is 64.7 Å². The molecule has 90 valence electrons. The number of benzene rings is 1. The fraction of sp³-hybridized carbons (Fsp3) is 0.500. The van der Waals surface area contributed by atoms with E-state index < -0.39 is 5.60 Å². The normalized spacial score (nSPS) is 14.3. The monoisotopic (exact) mass is 225 g/mol. The molecule has 4 nitrogen and oxygen atoms in total. The third-order valence-corrected chi connectivity index (χ3v) is 2.30. The van der Waals surface area contributed by atoms with Gasteiger partial charge < -0.3 is 20.3 Å². The minimum atomic E-state index is -1.02. The summed E-state index contributed by atoms with van der Waals surface area (Å²) in [5.41, 5.74) is 5.48. The van der Waals surface area contributed by atoms with E-state index in [4.69, 9.17) is 15.2 Å². The molecule has 0 bridgehead atoms. The predicted molar refractivity (Wildman–Crippen MR) is 62.9 cm³/mol. The van der Waals surface area contributed by atoms with Crippen molar-refractivity contribution in [3.8, 4) is 11.5 Å². The zero-order valence-electron chi connectivity index (χ0n) is 9.99. The lowest BCUT2D eigenvalue weighted by molar-refractivity contribution is 0.0188. The Labute approximate surface area is 96.0 Å². The van der Waals surface area contributed by atoms with Gasteiger partial charge in [-0.2, -0.15) is 0 Å². The second-order valence-corrected chi connectivity index (χ2v) is 4.14. The summed E-state index contributed by atoms with van der Waals surface area (Å²) < 4.78 is 10.7. The van der Waals surface area contributed by atoms with Crippen LogP contribution in [-0.2, 0) is 0 Å². The molecule has 16 heavy (non-hydrogen) atoms. The number of aliphatic hydroxyl groups is 1. The van der Waals surface area contributed by atoms with E-state index in [2.05, 4.69) is 0 Å². The van der Waals surface area contributed by atoms with E-state index in [1.165, 1.54) is 0 Å². The maximum Gasteiger partial charge on any atom is 0.161 e. The quantitative estimate of drug-likeness (QED) is 0.787. The molecule has 1 aromatic rings. The van der Waals surface area contributed by atoms with E-state index in [1.807, 2.05) is 25.1 Å². The fourth-order valence-electron chi connectivity index (χ4n) is 1.19. The third-order valence-electron chi connectivity index (χ3n) is 2.30. The molecule has 0 amide bonds. The zero-order valence-corrected chi connectivity index (χ0v) is 9.99. The summed E-state index contributed by atoms with van der Waals surface area (Å²) in [5, 5.41) is 9.71. The standard InChI is InChI=1S/C12H19NO3/c1-9-4-5-10(11(6-9)15-3)16-8-12(2,14)7-13/h4-6,14H,7-8,13H2,1-3H3. The average Bonchev–Trinajstić information content (AvgIpc) is 2.27. The second kappa shape index (κ2) is 5.18. The summed E-state index contributed by atoms with van der Waals surface area (Å²) in [4.78, 5) is 0. The van der Waals surface area contributed by atoms with Crippen LogP contribution in [-0.4, -0.2) is 31.0 Å². The van der Waals surface area contributed by atoms with Crippen molar-refractivity contribution in [1.82, 2.24) is 0 Å². The SMILES string of the molecule is COc1cc(C)ccc1OCC(C)(O)CN. The molecule has 0 fully saturated rings. The lowest BCUT2D eigenvalue weighted by atomic mass is 10.1. The number of rotatable bonds is 5. The molecule has 0 spiro atoms. The van der Waals surface area contributed by atoms with Gasteiger partial charge in [-0.15, -0.1) is 0 Å². The Morgan fingerprint density at radius 2 is 2.06 bits per heavy atom. The summed E-state index contributed by atoms with van der Waals surface area (Å²) in [6.45, 7) is 3.90. The number of nitrogens with two attached hydrogens (primary N) is 1. The molecule has 3 N–H and O–H groups in total. The Balaban J connectivity index is 2.74. The Morgan fingerprint density at radius 1 is 1.38 bits per heavy atom. The fourth-order valence-corrected chi connectivity index (χ4v) is 1.19. The van der Waals surface area contributed by atoms with Crippen LogP contribution in [0, 0.1) is 6.92 Å². The van der Waals surface area contributed by atoms with Gasteiger partial charge in [0.1, 0.15) is 12.2 Å². The lowest BCUT2D eigenvalue weighted by Crippen LogP contribution is -2.40. The van der Waals surface area contributed by atoms with Crippen LogP contribution >= 0.6 is 0 Å². The van der Waals surface area contributed by atoms with Crippen molar-refractivity contribution in [3.63, 3.8) is 0 Å². The summed E-state index contributed by atoms with van der Waals surface area (Å²) in [7, 11) is 1.59. The van der Waals surface area contributed by atoms with Crippen molar-refractivity contribution in [3.05, 3.63) is 23.8 Å². The van der Waals surface area contributed by atoms with Crippen LogP contribution in [0.25, 0.3) is 0 Å². The second-order valence-electron chi connectivity index (χ2n) is 4.14. The first-order valence-electron chi connectivity index (χ1n) is 5.18. The van der Waals surface area contributed by atoms with Gasteiger partial charge in [-0.1, -0.05) is 6.07 Å². The maximum absolute atomic E-state index is 9.71. The number of ether oxygens (including phenoxy) is 2. The molecule has 0 radical (unpaired) electrons. The van der Waals surface area contributed by atoms with Gasteiger partial charge in [-0.05, 0) is 31.5 Å². The summed E-state index contributed by atoms with van der Waals surface area (Å²) in [5.74, 6) is 1.27. The largest absolute Gasteiger partial charge is 0.493 e. The first-order valence-corrected chi connectivity index (χ1v) is 5.18. The van der Waals surface area contributed by atoms with Crippen LogP contribution in [0.3, 0.4) is 0 Å². The Bertz CT molecular complexity index is 350. The van der Waals surface area contributed by atoms with Crippen molar-refractivity contribution < 1.29 is 14.6 Å². The van der Waals surface area contributed by atoms with E-state index in [1.54, 1.807) is 14.0 Å². The third kappa shape index (κ3) is 3.40. The first kappa shape index (κ1) is 12.8. The number of aryl methyl sites for hydroxylation is 1. The lowest BCUT2D eigenvalue weighted by Gasteiger charge is -2.22. The molecule has 4 heteroatoms. The Hall–Kier alpha value is -1.26. The highest BCUT2D eigenvalue weighted by Crippen LogP contribution is 2.28. The summed E-state index contributed by atoms with van der Waals surface area (Å²) >= 11 is 0. The van der Waals surface area contributed by atoms with E-state index in [0.29, 0.717) is 11.5 Å². The minimum absolute atomic E-state index is 0.142. The van der Waals surface area contributed by atoms with E-state index in [9.17, 15) is 5.11 Å². The van der Waals surface area contributed by atoms with Gasteiger partial charge in [0.15, 0.2) is 11.5 Å². The van der Waals surface area contributed by atoms with Crippen LogP contribution in [0.4, 0.5) is 0 Å². The summed E-state index contributed by atoms with van der Waals surface area (Å²) in [6, 6.07) is 5.63. The van der Waals surface area contributed by atoms with Gasteiger partial charge in [-0.25, -0.2) is 0 Å².